The van der Waals surface area contributed by atoms with Crippen LogP contribution in [0.2, 0.25) is 0 Å². The Balaban J connectivity index is -0.0000000343. The number of hydrogen-bond acceptors (Lipinski definition) is 18. The van der Waals surface area contributed by atoms with E-state index in [0.29, 0.717) is 0 Å². The van der Waals surface area contributed by atoms with Crippen LogP contribution in [0.25, 0.3) is 0 Å². The molecule has 29 heteroatoms. The van der Waals surface area contributed by atoms with Gasteiger partial charge < -0.3 is 91.9 Å². The Hall–Kier alpha value is -3.83. The number of hydrogen-bond donors (Lipinski definition) is 18. The molecule has 0 aromatic carbocycles. The van der Waals surface area contributed by atoms with E-state index in [9.17, 15) is 0 Å². The summed E-state index contributed by atoms with van der Waals surface area (Å²) >= 11 is 0. The van der Waals surface area contributed by atoms with Gasteiger partial charge in [-0.1, -0.05) is 0 Å². The van der Waals surface area contributed by atoms with Gasteiger partial charge in [-0.15, -0.1) is 0 Å². The van der Waals surface area contributed by atoms with Crippen molar-refractivity contribution < 1.29 is 175 Å². The summed E-state index contributed by atoms with van der Waals surface area (Å²) < 4.78 is 0. The summed E-state index contributed by atoms with van der Waals surface area (Å²) in [6.07, 6.45) is 0. The molecule has 0 spiro atoms. The second-order valence-electron chi connectivity index (χ2n) is 4.97. The Bertz CT molecular complexity index is 575. The van der Waals surface area contributed by atoms with Crippen LogP contribution in [0.4, 0.5) is 0 Å². The summed E-state index contributed by atoms with van der Waals surface area (Å²) in [5.41, 5.74) is 0. The molecule has 279 valence electrons. The molecule has 0 heterocycles. The van der Waals surface area contributed by atoms with Gasteiger partial charge in [0.2, 0.25) is 0 Å². The number of aliphatic hydroxyl groups is 9. The topological polar surface area (TPSA) is 518 Å². The van der Waals surface area contributed by atoms with Crippen LogP contribution in [0.3, 0.4) is 0 Å². The van der Waals surface area contributed by atoms with Crippen molar-refractivity contribution >= 4 is 53.7 Å². The van der Waals surface area contributed by atoms with Gasteiger partial charge >= 0.3 is 53.7 Å². The number of carbonyl (C=O) groups is 9. The fourth-order valence-corrected chi connectivity index (χ4v) is 0. The van der Waals surface area contributed by atoms with Crippen molar-refractivity contribution in [3.8, 4) is 0 Å². The van der Waals surface area contributed by atoms with E-state index in [2.05, 4.69) is 0 Å². The molecule has 0 saturated heterocycles. The van der Waals surface area contributed by atoms with E-state index in [0.717, 1.165) is 0 Å². The molecule has 0 atom stereocenters. The van der Waals surface area contributed by atoms with Crippen LogP contribution >= 0.6 is 0 Å². The molecule has 0 aromatic heterocycles. The van der Waals surface area contributed by atoms with Crippen molar-refractivity contribution in [3.63, 3.8) is 0 Å². The van der Waals surface area contributed by atoms with Crippen LogP contribution in [0.5, 0.6) is 0 Å². The van der Waals surface area contributed by atoms with E-state index in [-0.39, 0.29) is 40.3 Å². The quantitative estimate of drug-likeness (QED) is 0.0965. The van der Waals surface area contributed by atoms with Crippen molar-refractivity contribution in [1.29, 1.82) is 0 Å². The van der Waals surface area contributed by atoms with E-state index in [4.69, 9.17) is 135 Å². The average Bonchev–Trinajstić information content (AvgIpc) is 2.99. The van der Waals surface area contributed by atoms with Crippen molar-refractivity contribution in [2.24, 2.45) is 0 Å². The minimum Gasteiger partial charge on any atom is -0.480 e. The maximum atomic E-state index is 9.12. The Morgan fingerprint density at radius 2 is 0.255 bits per heavy atom. The van der Waals surface area contributed by atoms with Crippen molar-refractivity contribution in [3.05, 3.63) is 0 Å². The first kappa shape index (κ1) is 74.2. The molecule has 0 saturated carbocycles. The molecular formula is C18H36O27TiV. The van der Waals surface area contributed by atoms with Crippen LogP contribution in [0, 0.1) is 0 Å². The van der Waals surface area contributed by atoms with Crippen LogP contribution in [-0.2, 0) is 83.4 Å². The summed E-state index contributed by atoms with van der Waals surface area (Å²) in [5.74, 6) is -10.7. The zero-order chi connectivity index (χ0) is 38.6. The first-order valence-electron chi connectivity index (χ1n) is 9.88. The molecule has 18 N–H and O–H groups in total. The van der Waals surface area contributed by atoms with Crippen LogP contribution in [-0.4, -0.2) is 205 Å². The minimum absolute atomic E-state index is 0. The number of carboxylic acids is 9. The zero-order valence-corrected chi connectivity index (χ0v) is 26.5. The molecule has 1 radical (unpaired) electrons. The molecule has 0 unspecified atom stereocenters. The SMILES string of the molecule is O=C(O)CO.O=C(O)CO.O=C(O)CO.O=C(O)CO.O=C(O)CO.O=C(O)CO.O=C(O)CO.O=C(O)CO.O=C(O)CO.[Ti].[V]. The van der Waals surface area contributed by atoms with Gasteiger partial charge in [-0.05, 0) is 0 Å². The number of aliphatic carboxylic acids is 9. The molecular weight excluding hydrogens is 747 g/mol. The van der Waals surface area contributed by atoms with E-state index in [1.54, 1.807) is 0 Å². The fourth-order valence-electron chi connectivity index (χ4n) is 0. The van der Waals surface area contributed by atoms with Crippen LogP contribution in [0.15, 0.2) is 0 Å². The molecule has 0 bridgehead atoms. The molecule has 0 fully saturated rings. The van der Waals surface area contributed by atoms with E-state index >= 15 is 0 Å². The maximum Gasteiger partial charge on any atom is 0.329 e. The van der Waals surface area contributed by atoms with Gasteiger partial charge in [0.05, 0.1) is 0 Å². The van der Waals surface area contributed by atoms with Gasteiger partial charge in [-0.3, -0.25) is 0 Å². The second kappa shape index (κ2) is 69.1. The van der Waals surface area contributed by atoms with Crippen LogP contribution in [0.1, 0.15) is 0 Å². The molecule has 27 nitrogen and oxygen atoms in total. The molecule has 47 heavy (non-hydrogen) atoms. The first-order chi connectivity index (χ1) is 20.4. The fraction of sp³-hybridized carbons (Fsp3) is 0.500. The average molecular weight is 783 g/mol. The maximum absolute atomic E-state index is 9.12. The Morgan fingerprint density at radius 3 is 0.255 bits per heavy atom. The molecule has 0 aromatic rings. The van der Waals surface area contributed by atoms with Gasteiger partial charge in [0.25, 0.3) is 0 Å². The zero-order valence-electron chi connectivity index (χ0n) is 23.5. The van der Waals surface area contributed by atoms with E-state index in [1.165, 1.54) is 0 Å². The third-order valence-corrected chi connectivity index (χ3v) is 1.22. The monoisotopic (exact) mass is 783 g/mol. The number of aliphatic hydroxyl groups excluding tert-OH is 9. The standard InChI is InChI=1S/9C2H4O3.Ti.V/c9*3-1-2(4)5;;/h9*3H,1H2,(H,4,5);;. The second-order valence-corrected chi connectivity index (χ2v) is 4.97. The third kappa shape index (κ3) is 339. The third-order valence-electron chi connectivity index (χ3n) is 1.22. The van der Waals surface area contributed by atoms with Gasteiger partial charge in [-0.2, -0.15) is 0 Å². The minimum atomic E-state index is -1.19. The Kier molecular flexibility index (Phi) is 109. The predicted molar refractivity (Wildman–Crippen MR) is 132 cm³/mol. The Morgan fingerprint density at radius 1 is 0.234 bits per heavy atom. The van der Waals surface area contributed by atoms with Gasteiger partial charge in [0.1, 0.15) is 59.5 Å². The Labute approximate surface area is 288 Å². The van der Waals surface area contributed by atoms with Gasteiger partial charge in [0.15, 0.2) is 0 Å². The first-order valence-corrected chi connectivity index (χ1v) is 9.88. The van der Waals surface area contributed by atoms with Crippen molar-refractivity contribution in [2.45, 2.75) is 0 Å². The van der Waals surface area contributed by atoms with E-state index in [1.807, 2.05) is 0 Å². The largest absolute Gasteiger partial charge is 0.480 e. The smallest absolute Gasteiger partial charge is 0.329 e. The summed E-state index contributed by atoms with van der Waals surface area (Å²) in [7, 11) is 0. The molecule has 0 rings (SSSR count). The normalized spacial score (nSPS) is 7.09. The van der Waals surface area contributed by atoms with Gasteiger partial charge in [-0.25, -0.2) is 43.2 Å². The molecule has 0 aliphatic carbocycles. The molecule has 0 aliphatic rings. The van der Waals surface area contributed by atoms with Crippen molar-refractivity contribution in [2.75, 3.05) is 59.5 Å². The van der Waals surface area contributed by atoms with Crippen molar-refractivity contribution in [1.82, 2.24) is 0 Å². The summed E-state index contributed by atoms with van der Waals surface area (Å²) in [6, 6.07) is 0. The molecule has 0 aliphatic heterocycles. The molecule has 0 amide bonds. The number of rotatable bonds is 9. The van der Waals surface area contributed by atoms with Crippen LogP contribution < -0.4 is 0 Å². The summed E-state index contributed by atoms with van der Waals surface area (Å²) in [5, 5.41) is 135. The number of carboxylic acid groups (broad SMARTS) is 9. The predicted octanol–water partition coefficient (Wildman–Crippen LogP) is -8.44. The van der Waals surface area contributed by atoms with E-state index < -0.39 is 113 Å². The van der Waals surface area contributed by atoms with Gasteiger partial charge in [0, 0.05) is 40.3 Å². The summed E-state index contributed by atoms with van der Waals surface area (Å²) in [6.45, 7) is -7.00. The summed E-state index contributed by atoms with van der Waals surface area (Å²) in [4.78, 5) is 82.1.